The molecule has 2 N–H and O–H groups in total. The Morgan fingerprint density at radius 1 is 1.50 bits per heavy atom. The van der Waals surface area contributed by atoms with Crippen LogP contribution in [0.25, 0.3) is 10.2 Å². The number of benzene rings is 1. The smallest absolute Gasteiger partial charge is 0.320 e. The van der Waals surface area contributed by atoms with Gasteiger partial charge < -0.3 is 10.4 Å². The first-order valence-corrected chi connectivity index (χ1v) is 8.50. The van der Waals surface area contributed by atoms with Gasteiger partial charge in [-0.2, -0.15) is 0 Å². The van der Waals surface area contributed by atoms with Crippen molar-refractivity contribution in [3.63, 3.8) is 0 Å². The molecule has 2 aromatic rings. The predicted molar refractivity (Wildman–Crippen MR) is 82.5 cm³/mol. The van der Waals surface area contributed by atoms with E-state index in [0.29, 0.717) is 12.5 Å². The minimum atomic E-state index is -0.748. The second-order valence-corrected chi connectivity index (χ2v) is 7.29. The monoisotopic (exact) mass is 308 g/mol. The minimum Gasteiger partial charge on any atom is -0.480 e. The molecule has 1 saturated carbocycles. The third-order valence-electron chi connectivity index (χ3n) is 3.22. The highest BCUT2D eigenvalue weighted by Crippen LogP contribution is 2.30. The van der Waals surface area contributed by atoms with Gasteiger partial charge in [0.15, 0.2) is 4.34 Å². The number of nitrogens with one attached hydrogen (secondary N) is 1. The van der Waals surface area contributed by atoms with E-state index in [1.807, 2.05) is 18.2 Å². The Balaban J connectivity index is 1.54. The lowest BCUT2D eigenvalue weighted by Crippen LogP contribution is -2.38. The molecule has 0 aliphatic heterocycles. The van der Waals surface area contributed by atoms with E-state index in [4.69, 9.17) is 0 Å². The van der Waals surface area contributed by atoms with Crippen LogP contribution in [0, 0.1) is 0 Å². The van der Waals surface area contributed by atoms with Gasteiger partial charge in [-0.1, -0.05) is 23.9 Å². The number of aromatic nitrogens is 1. The van der Waals surface area contributed by atoms with Crippen molar-refractivity contribution >= 4 is 39.3 Å². The van der Waals surface area contributed by atoms with E-state index in [1.165, 1.54) is 4.70 Å². The minimum absolute atomic E-state index is 0.420. The fraction of sp³-hybridized carbons (Fsp3) is 0.429. The summed E-state index contributed by atoms with van der Waals surface area (Å²) < 4.78 is 2.20. The molecule has 0 saturated heterocycles. The fourth-order valence-corrected chi connectivity index (χ4v) is 4.13. The second kappa shape index (κ2) is 6.11. The van der Waals surface area contributed by atoms with Crippen LogP contribution in [-0.4, -0.2) is 33.9 Å². The summed E-state index contributed by atoms with van der Waals surface area (Å²) in [4.78, 5) is 15.7. The van der Waals surface area contributed by atoms with Crippen LogP contribution in [0.4, 0.5) is 0 Å². The van der Waals surface area contributed by atoms with E-state index in [-0.39, 0.29) is 0 Å². The van der Waals surface area contributed by atoms with E-state index in [0.717, 1.165) is 28.5 Å². The first-order valence-electron chi connectivity index (χ1n) is 6.69. The first kappa shape index (κ1) is 13.9. The number of hydrogen-bond donors (Lipinski definition) is 2. The Morgan fingerprint density at radius 2 is 2.30 bits per heavy atom. The Hall–Kier alpha value is -1.11. The molecule has 1 heterocycles. The molecule has 0 amide bonds. The maximum Gasteiger partial charge on any atom is 0.320 e. The van der Waals surface area contributed by atoms with Crippen molar-refractivity contribution in [2.24, 2.45) is 0 Å². The van der Waals surface area contributed by atoms with Gasteiger partial charge >= 0.3 is 5.97 Å². The van der Waals surface area contributed by atoms with Gasteiger partial charge in [0.05, 0.1) is 10.2 Å². The van der Waals surface area contributed by atoms with Crippen LogP contribution in [0.15, 0.2) is 28.6 Å². The van der Waals surface area contributed by atoms with Crippen molar-refractivity contribution in [1.29, 1.82) is 0 Å². The molecule has 20 heavy (non-hydrogen) atoms. The molecule has 106 valence electrons. The highest BCUT2D eigenvalue weighted by Gasteiger charge is 2.27. The standard InChI is InChI=1S/C14H16N2O2S2/c17-13(18)11(15-9-5-6-9)7-8-19-14-16-10-3-1-2-4-12(10)20-14/h1-4,9,11,15H,5-8H2,(H,17,18). The summed E-state index contributed by atoms with van der Waals surface area (Å²) >= 11 is 3.31. The lowest BCUT2D eigenvalue weighted by atomic mass is 10.2. The number of fused-ring (bicyclic) bond motifs is 1. The summed E-state index contributed by atoms with van der Waals surface area (Å²) in [5.74, 6) is 0.0260. The molecule has 1 fully saturated rings. The maximum absolute atomic E-state index is 11.2. The number of hydrogen-bond acceptors (Lipinski definition) is 5. The largest absolute Gasteiger partial charge is 0.480 e. The van der Waals surface area contributed by atoms with Gasteiger partial charge in [0, 0.05) is 11.8 Å². The van der Waals surface area contributed by atoms with Crippen molar-refractivity contribution in [2.45, 2.75) is 35.7 Å². The highest BCUT2D eigenvalue weighted by molar-refractivity contribution is 8.01. The van der Waals surface area contributed by atoms with Crippen LogP contribution in [0.5, 0.6) is 0 Å². The zero-order valence-corrected chi connectivity index (χ0v) is 12.5. The second-order valence-electron chi connectivity index (χ2n) is 4.92. The number of thiazole rings is 1. The third-order valence-corrected chi connectivity index (χ3v) is 5.43. The molecular weight excluding hydrogens is 292 g/mol. The van der Waals surface area contributed by atoms with Gasteiger partial charge in [-0.3, -0.25) is 4.79 Å². The molecule has 0 radical (unpaired) electrons. The number of carboxylic acid groups (broad SMARTS) is 1. The maximum atomic E-state index is 11.2. The molecule has 1 atom stereocenters. The average molecular weight is 308 g/mol. The summed E-state index contributed by atoms with van der Waals surface area (Å²) in [5.41, 5.74) is 1.02. The molecular formula is C14H16N2O2S2. The zero-order chi connectivity index (χ0) is 13.9. The van der Waals surface area contributed by atoms with Gasteiger partial charge in [0.2, 0.25) is 0 Å². The van der Waals surface area contributed by atoms with Crippen molar-refractivity contribution in [1.82, 2.24) is 10.3 Å². The number of para-hydroxylation sites is 1. The molecule has 1 aliphatic carbocycles. The lowest BCUT2D eigenvalue weighted by molar-refractivity contribution is -0.139. The predicted octanol–water partition coefficient (Wildman–Crippen LogP) is 2.98. The number of thioether (sulfide) groups is 1. The molecule has 1 aromatic heterocycles. The molecule has 1 unspecified atom stereocenters. The van der Waals surface area contributed by atoms with Crippen molar-refractivity contribution in [3.8, 4) is 0 Å². The molecule has 6 heteroatoms. The van der Waals surface area contributed by atoms with Crippen molar-refractivity contribution in [3.05, 3.63) is 24.3 Å². The quantitative estimate of drug-likeness (QED) is 0.770. The number of carboxylic acids is 1. The van der Waals surface area contributed by atoms with E-state index >= 15 is 0 Å². The summed E-state index contributed by atoms with van der Waals surface area (Å²) in [6.07, 6.45) is 2.84. The van der Waals surface area contributed by atoms with E-state index < -0.39 is 12.0 Å². The molecule has 1 aromatic carbocycles. The Morgan fingerprint density at radius 3 is 3.00 bits per heavy atom. The van der Waals surface area contributed by atoms with Crippen LogP contribution in [-0.2, 0) is 4.79 Å². The number of aliphatic carboxylic acids is 1. The van der Waals surface area contributed by atoms with E-state index in [1.54, 1.807) is 23.1 Å². The third kappa shape index (κ3) is 3.50. The van der Waals surface area contributed by atoms with Gasteiger partial charge in [-0.05, 0) is 31.4 Å². The first-order chi connectivity index (χ1) is 9.72. The van der Waals surface area contributed by atoms with E-state index in [9.17, 15) is 9.90 Å². The Kier molecular flexibility index (Phi) is 4.24. The average Bonchev–Trinajstić information content (AvgIpc) is 3.15. The topological polar surface area (TPSA) is 62.2 Å². The van der Waals surface area contributed by atoms with Gasteiger partial charge in [0.25, 0.3) is 0 Å². The number of rotatable bonds is 7. The van der Waals surface area contributed by atoms with Gasteiger partial charge in [-0.15, -0.1) is 11.3 Å². The zero-order valence-electron chi connectivity index (χ0n) is 10.9. The fourth-order valence-electron chi connectivity index (χ4n) is 1.99. The number of nitrogens with zero attached hydrogens (tertiary/aromatic N) is 1. The summed E-state index contributed by atoms with van der Waals surface area (Å²) in [6, 6.07) is 8.05. The molecule has 1 aliphatic rings. The highest BCUT2D eigenvalue weighted by atomic mass is 32.2. The van der Waals surface area contributed by atoms with Crippen LogP contribution < -0.4 is 5.32 Å². The van der Waals surface area contributed by atoms with E-state index in [2.05, 4.69) is 16.4 Å². The Labute approximate surface area is 125 Å². The summed E-state index contributed by atoms with van der Waals surface area (Å²) in [6.45, 7) is 0. The van der Waals surface area contributed by atoms with Gasteiger partial charge in [-0.25, -0.2) is 4.98 Å². The van der Waals surface area contributed by atoms with Crippen LogP contribution in [0.2, 0.25) is 0 Å². The van der Waals surface area contributed by atoms with Crippen LogP contribution in [0.3, 0.4) is 0 Å². The normalized spacial score (nSPS) is 16.4. The Bertz CT molecular complexity index is 577. The van der Waals surface area contributed by atoms with Crippen molar-refractivity contribution in [2.75, 3.05) is 5.75 Å². The van der Waals surface area contributed by atoms with Gasteiger partial charge in [0.1, 0.15) is 6.04 Å². The number of carbonyl (C=O) groups is 1. The summed E-state index contributed by atoms with van der Waals surface area (Å²) in [7, 11) is 0. The molecule has 0 bridgehead atoms. The van der Waals surface area contributed by atoms with Crippen LogP contribution in [0.1, 0.15) is 19.3 Å². The molecule has 4 nitrogen and oxygen atoms in total. The van der Waals surface area contributed by atoms with Crippen molar-refractivity contribution < 1.29 is 9.90 Å². The molecule has 0 spiro atoms. The molecule has 3 rings (SSSR count). The van der Waals surface area contributed by atoms with Crippen LogP contribution >= 0.6 is 23.1 Å². The SMILES string of the molecule is O=C(O)C(CCSc1nc2ccccc2s1)NC1CC1. The summed E-state index contributed by atoms with van der Waals surface area (Å²) in [5, 5.41) is 12.4. The lowest BCUT2D eigenvalue weighted by Gasteiger charge is -2.12.